The molecular weight excluding hydrogens is 435 g/mol. The molecule has 0 bridgehead atoms. The van der Waals surface area contributed by atoms with Crippen LogP contribution >= 0.6 is 0 Å². The molecule has 1 fully saturated rings. The van der Waals surface area contributed by atoms with Crippen LogP contribution < -0.4 is 10.1 Å². The Kier molecular flexibility index (Phi) is 8.32. The highest BCUT2D eigenvalue weighted by Crippen LogP contribution is 2.24. The molecule has 0 aromatic heterocycles. The number of nitrogens with zero attached hydrogens (tertiary/aromatic N) is 2. The van der Waals surface area contributed by atoms with E-state index in [-0.39, 0.29) is 17.6 Å². The van der Waals surface area contributed by atoms with E-state index in [1.54, 1.807) is 6.92 Å². The van der Waals surface area contributed by atoms with Crippen LogP contribution in [0.15, 0.2) is 54.6 Å². The summed E-state index contributed by atoms with van der Waals surface area (Å²) in [5.41, 5.74) is 1.60. The van der Waals surface area contributed by atoms with Gasteiger partial charge in [0, 0.05) is 38.3 Å². The standard InChI is InChI=1S/C24H28F3N3O3/c1-18(23(32)28-20-10-12-21(13-11-20)33-24(25,26)27)29-14-16-30(17-15-29)22(31)9-5-8-19-6-3-2-4-7-19/h2-4,6-7,10-13,18H,5,8-9,14-17H2,1H3,(H,28,32). The maximum atomic E-state index is 12.6. The summed E-state index contributed by atoms with van der Waals surface area (Å²) < 4.78 is 40.6. The summed E-state index contributed by atoms with van der Waals surface area (Å²) in [7, 11) is 0. The second-order valence-electron chi connectivity index (χ2n) is 7.99. The fourth-order valence-corrected chi connectivity index (χ4v) is 3.76. The number of aryl methyl sites for hydroxylation is 1. The first-order chi connectivity index (χ1) is 15.7. The quantitative estimate of drug-likeness (QED) is 0.641. The number of carbonyl (C=O) groups excluding carboxylic acids is 2. The third-order valence-corrected chi connectivity index (χ3v) is 5.65. The molecule has 1 aliphatic rings. The van der Waals surface area contributed by atoms with Crippen molar-refractivity contribution in [2.45, 2.75) is 38.6 Å². The zero-order valence-corrected chi connectivity index (χ0v) is 18.5. The molecule has 2 aromatic rings. The van der Waals surface area contributed by atoms with Crippen molar-refractivity contribution < 1.29 is 27.5 Å². The van der Waals surface area contributed by atoms with Crippen molar-refractivity contribution in [1.82, 2.24) is 9.80 Å². The molecule has 9 heteroatoms. The van der Waals surface area contributed by atoms with Crippen LogP contribution in [0, 0.1) is 0 Å². The number of amides is 2. The highest BCUT2D eigenvalue weighted by atomic mass is 19.4. The zero-order chi connectivity index (χ0) is 23.8. The third kappa shape index (κ3) is 7.78. The Morgan fingerprint density at radius 2 is 1.64 bits per heavy atom. The van der Waals surface area contributed by atoms with E-state index < -0.39 is 12.4 Å². The Hall–Kier alpha value is -3.07. The van der Waals surface area contributed by atoms with E-state index in [1.807, 2.05) is 28.0 Å². The number of rotatable bonds is 8. The van der Waals surface area contributed by atoms with Crippen molar-refractivity contribution >= 4 is 17.5 Å². The molecule has 1 heterocycles. The SMILES string of the molecule is CC(C(=O)Nc1ccc(OC(F)(F)F)cc1)N1CCN(C(=O)CCCc2ccccc2)CC1. The smallest absolute Gasteiger partial charge is 0.406 e. The summed E-state index contributed by atoms with van der Waals surface area (Å²) in [6.45, 7) is 4.05. The lowest BCUT2D eigenvalue weighted by molar-refractivity contribution is -0.274. The van der Waals surface area contributed by atoms with Gasteiger partial charge < -0.3 is 15.0 Å². The lowest BCUT2D eigenvalue weighted by Gasteiger charge is -2.37. The molecule has 6 nitrogen and oxygen atoms in total. The van der Waals surface area contributed by atoms with Crippen molar-refractivity contribution in [1.29, 1.82) is 0 Å². The molecule has 33 heavy (non-hydrogen) atoms. The number of carbonyl (C=O) groups is 2. The first-order valence-electron chi connectivity index (χ1n) is 10.9. The third-order valence-electron chi connectivity index (χ3n) is 5.65. The molecule has 1 aliphatic heterocycles. The predicted molar refractivity (Wildman–Crippen MR) is 119 cm³/mol. The lowest BCUT2D eigenvalue weighted by atomic mass is 10.1. The average molecular weight is 464 g/mol. The number of hydrogen-bond acceptors (Lipinski definition) is 4. The van der Waals surface area contributed by atoms with E-state index in [1.165, 1.54) is 17.7 Å². The molecule has 0 radical (unpaired) electrons. The van der Waals surface area contributed by atoms with Gasteiger partial charge in [-0.25, -0.2) is 0 Å². The molecule has 2 amide bonds. The van der Waals surface area contributed by atoms with Crippen molar-refractivity contribution in [3.63, 3.8) is 0 Å². The number of benzene rings is 2. The minimum absolute atomic E-state index is 0.129. The summed E-state index contributed by atoms with van der Waals surface area (Å²) in [6.07, 6.45) is -2.59. The van der Waals surface area contributed by atoms with Crippen molar-refractivity contribution in [2.24, 2.45) is 0 Å². The van der Waals surface area contributed by atoms with Crippen LogP contribution in [0.25, 0.3) is 0 Å². The van der Waals surface area contributed by atoms with Crippen molar-refractivity contribution in [2.75, 3.05) is 31.5 Å². The molecular formula is C24H28F3N3O3. The number of ether oxygens (including phenoxy) is 1. The number of nitrogens with one attached hydrogen (secondary N) is 1. The molecule has 1 unspecified atom stereocenters. The van der Waals surface area contributed by atoms with Crippen LogP contribution in [-0.2, 0) is 16.0 Å². The maximum Gasteiger partial charge on any atom is 0.573 e. The van der Waals surface area contributed by atoms with Gasteiger partial charge in [0.05, 0.1) is 6.04 Å². The van der Waals surface area contributed by atoms with E-state index >= 15 is 0 Å². The molecule has 1 N–H and O–H groups in total. The summed E-state index contributed by atoms with van der Waals surface area (Å²) in [4.78, 5) is 28.9. The molecule has 1 atom stereocenters. The monoisotopic (exact) mass is 463 g/mol. The first-order valence-corrected chi connectivity index (χ1v) is 10.9. The maximum absolute atomic E-state index is 12.6. The van der Waals surface area contributed by atoms with E-state index in [9.17, 15) is 22.8 Å². The van der Waals surface area contributed by atoms with Crippen LogP contribution in [0.4, 0.5) is 18.9 Å². The van der Waals surface area contributed by atoms with Gasteiger partial charge in [0.25, 0.3) is 0 Å². The minimum atomic E-state index is -4.76. The minimum Gasteiger partial charge on any atom is -0.406 e. The summed E-state index contributed by atoms with van der Waals surface area (Å²) in [6, 6.07) is 14.6. The second-order valence-corrected chi connectivity index (χ2v) is 7.99. The topological polar surface area (TPSA) is 61.9 Å². The fraction of sp³-hybridized carbons (Fsp3) is 0.417. The normalized spacial score (nSPS) is 15.7. The van der Waals surface area contributed by atoms with Gasteiger partial charge in [0.15, 0.2) is 0 Å². The lowest BCUT2D eigenvalue weighted by Crippen LogP contribution is -2.54. The average Bonchev–Trinajstić information content (AvgIpc) is 2.79. The highest BCUT2D eigenvalue weighted by Gasteiger charge is 2.31. The largest absolute Gasteiger partial charge is 0.573 e. The van der Waals surface area contributed by atoms with E-state index in [0.717, 1.165) is 25.0 Å². The Bertz CT molecular complexity index is 912. The summed E-state index contributed by atoms with van der Waals surface area (Å²) in [5.74, 6) is -0.482. The molecule has 1 saturated heterocycles. The molecule has 0 saturated carbocycles. The van der Waals surface area contributed by atoms with Gasteiger partial charge in [-0.3, -0.25) is 14.5 Å². The second kappa shape index (κ2) is 11.2. The highest BCUT2D eigenvalue weighted by molar-refractivity contribution is 5.94. The Morgan fingerprint density at radius 1 is 1.00 bits per heavy atom. The molecule has 178 valence electrons. The van der Waals surface area contributed by atoms with Gasteiger partial charge in [-0.05, 0) is 49.6 Å². The number of anilines is 1. The van der Waals surface area contributed by atoms with Gasteiger partial charge in [-0.15, -0.1) is 13.2 Å². The summed E-state index contributed by atoms with van der Waals surface area (Å²) >= 11 is 0. The number of hydrogen-bond donors (Lipinski definition) is 1. The zero-order valence-electron chi connectivity index (χ0n) is 18.5. The number of halogens is 3. The van der Waals surface area contributed by atoms with Gasteiger partial charge in [-0.1, -0.05) is 30.3 Å². The first kappa shape index (κ1) is 24.6. The molecule has 2 aromatic carbocycles. The Labute approximate surface area is 191 Å². The fourth-order valence-electron chi connectivity index (χ4n) is 3.76. The predicted octanol–water partition coefficient (Wildman–Crippen LogP) is 4.08. The molecule has 0 aliphatic carbocycles. The van der Waals surface area contributed by atoms with Crippen LogP contribution in [0.5, 0.6) is 5.75 Å². The van der Waals surface area contributed by atoms with Crippen LogP contribution in [-0.4, -0.2) is 60.2 Å². The van der Waals surface area contributed by atoms with Crippen molar-refractivity contribution in [3.8, 4) is 5.75 Å². The number of alkyl halides is 3. The Balaban J connectivity index is 1.40. The van der Waals surface area contributed by atoms with Gasteiger partial charge >= 0.3 is 6.36 Å². The van der Waals surface area contributed by atoms with Gasteiger partial charge in [-0.2, -0.15) is 0 Å². The number of piperazine rings is 1. The Morgan fingerprint density at radius 3 is 2.24 bits per heavy atom. The molecule has 3 rings (SSSR count). The van der Waals surface area contributed by atoms with Crippen LogP contribution in [0.3, 0.4) is 0 Å². The molecule has 0 spiro atoms. The summed E-state index contributed by atoms with van der Waals surface area (Å²) in [5, 5.41) is 2.71. The van der Waals surface area contributed by atoms with Gasteiger partial charge in [0.1, 0.15) is 5.75 Å². The van der Waals surface area contributed by atoms with Crippen LogP contribution in [0.1, 0.15) is 25.3 Å². The van der Waals surface area contributed by atoms with E-state index in [0.29, 0.717) is 38.3 Å². The van der Waals surface area contributed by atoms with Gasteiger partial charge in [0.2, 0.25) is 11.8 Å². The van der Waals surface area contributed by atoms with Crippen LogP contribution in [0.2, 0.25) is 0 Å². The van der Waals surface area contributed by atoms with Crippen molar-refractivity contribution in [3.05, 3.63) is 60.2 Å². The van der Waals surface area contributed by atoms with E-state index in [4.69, 9.17) is 0 Å². The van der Waals surface area contributed by atoms with E-state index in [2.05, 4.69) is 22.2 Å².